The lowest BCUT2D eigenvalue weighted by atomic mass is 9.75. The van der Waals surface area contributed by atoms with Gasteiger partial charge in [0.25, 0.3) is 0 Å². The lowest BCUT2D eigenvalue weighted by Crippen LogP contribution is -2.52. The number of rotatable bonds is 7. The SMILES string of the molecule is CC(C(=O)N[C@@H](Cc1c(Cl)cccc1Cl)C(N)=O)(c1ccccc1)c1ccccc1. The van der Waals surface area contributed by atoms with E-state index in [-0.39, 0.29) is 12.3 Å². The molecule has 0 fully saturated rings. The van der Waals surface area contributed by atoms with E-state index in [1.165, 1.54) is 0 Å². The van der Waals surface area contributed by atoms with Gasteiger partial charge in [0, 0.05) is 16.5 Å². The highest BCUT2D eigenvalue weighted by Gasteiger charge is 2.38. The van der Waals surface area contributed by atoms with E-state index in [1.807, 2.05) is 67.6 Å². The van der Waals surface area contributed by atoms with Crippen LogP contribution in [0.15, 0.2) is 78.9 Å². The summed E-state index contributed by atoms with van der Waals surface area (Å²) in [6.45, 7) is 1.83. The Morgan fingerprint density at radius 1 is 0.867 bits per heavy atom. The monoisotopic (exact) mass is 440 g/mol. The summed E-state index contributed by atoms with van der Waals surface area (Å²) in [6, 6.07) is 22.9. The van der Waals surface area contributed by atoms with Crippen molar-refractivity contribution < 1.29 is 9.59 Å². The quantitative estimate of drug-likeness (QED) is 0.566. The largest absolute Gasteiger partial charge is 0.368 e. The zero-order chi connectivity index (χ0) is 21.7. The van der Waals surface area contributed by atoms with Crippen molar-refractivity contribution in [2.24, 2.45) is 5.73 Å². The Kier molecular flexibility index (Phi) is 6.80. The predicted molar refractivity (Wildman–Crippen MR) is 121 cm³/mol. The van der Waals surface area contributed by atoms with Crippen LogP contribution in [0.5, 0.6) is 0 Å². The molecule has 6 heteroatoms. The normalized spacial score (nSPS) is 12.2. The number of carbonyl (C=O) groups excluding carboxylic acids is 2. The van der Waals surface area contributed by atoms with Gasteiger partial charge < -0.3 is 11.1 Å². The van der Waals surface area contributed by atoms with E-state index < -0.39 is 17.4 Å². The van der Waals surface area contributed by atoms with Crippen molar-refractivity contribution in [1.82, 2.24) is 5.32 Å². The van der Waals surface area contributed by atoms with Gasteiger partial charge >= 0.3 is 0 Å². The van der Waals surface area contributed by atoms with Crippen LogP contribution in [0.2, 0.25) is 10.0 Å². The molecule has 0 spiro atoms. The first-order valence-corrected chi connectivity index (χ1v) is 10.2. The first-order valence-electron chi connectivity index (χ1n) is 9.48. The van der Waals surface area contributed by atoms with E-state index in [0.717, 1.165) is 11.1 Å². The van der Waals surface area contributed by atoms with Gasteiger partial charge in [-0.25, -0.2) is 0 Å². The van der Waals surface area contributed by atoms with Gasteiger partial charge in [-0.05, 0) is 35.7 Å². The van der Waals surface area contributed by atoms with Gasteiger partial charge in [-0.1, -0.05) is 89.9 Å². The van der Waals surface area contributed by atoms with Crippen LogP contribution in [0.4, 0.5) is 0 Å². The summed E-state index contributed by atoms with van der Waals surface area (Å²) >= 11 is 12.5. The fraction of sp³-hybridized carbons (Fsp3) is 0.167. The third kappa shape index (κ3) is 4.50. The van der Waals surface area contributed by atoms with Crippen LogP contribution in [0.3, 0.4) is 0 Å². The molecule has 0 heterocycles. The molecule has 0 aliphatic heterocycles. The maximum atomic E-state index is 13.6. The maximum absolute atomic E-state index is 13.6. The fourth-order valence-electron chi connectivity index (χ4n) is 3.43. The third-order valence-corrected chi connectivity index (χ3v) is 5.98. The highest BCUT2D eigenvalue weighted by atomic mass is 35.5. The maximum Gasteiger partial charge on any atom is 0.240 e. The second-order valence-corrected chi connectivity index (χ2v) is 8.00. The van der Waals surface area contributed by atoms with Crippen molar-refractivity contribution in [2.75, 3.05) is 0 Å². The minimum absolute atomic E-state index is 0.0965. The summed E-state index contributed by atoms with van der Waals surface area (Å²) in [5.74, 6) is -1.00. The van der Waals surface area contributed by atoms with Gasteiger partial charge in [0.05, 0.1) is 5.41 Å². The summed E-state index contributed by atoms with van der Waals surface area (Å²) in [7, 11) is 0. The molecule has 4 nitrogen and oxygen atoms in total. The predicted octanol–water partition coefficient (Wildman–Crippen LogP) is 4.51. The molecule has 3 rings (SSSR count). The molecule has 3 aromatic rings. The molecule has 1 atom stereocenters. The average molecular weight is 441 g/mol. The minimum Gasteiger partial charge on any atom is -0.368 e. The van der Waals surface area contributed by atoms with Crippen LogP contribution in [-0.2, 0) is 21.4 Å². The van der Waals surface area contributed by atoms with Crippen molar-refractivity contribution in [1.29, 1.82) is 0 Å². The van der Waals surface area contributed by atoms with Gasteiger partial charge in [0.1, 0.15) is 6.04 Å². The second kappa shape index (κ2) is 9.33. The number of halogens is 2. The van der Waals surface area contributed by atoms with Crippen molar-refractivity contribution in [2.45, 2.75) is 24.8 Å². The molecular formula is C24H22Cl2N2O2. The number of hydrogen-bond acceptors (Lipinski definition) is 2. The molecule has 0 saturated carbocycles. The van der Waals surface area contributed by atoms with Crippen molar-refractivity contribution in [3.05, 3.63) is 106 Å². The third-order valence-electron chi connectivity index (χ3n) is 5.28. The van der Waals surface area contributed by atoms with Crippen LogP contribution in [0.25, 0.3) is 0 Å². The topological polar surface area (TPSA) is 72.2 Å². The standard InChI is InChI=1S/C24H22Cl2N2O2/c1-24(16-9-4-2-5-10-16,17-11-6-3-7-12-17)23(30)28-21(22(27)29)15-18-19(25)13-8-14-20(18)26/h2-14,21H,15H2,1H3,(H2,27,29)(H,28,30)/t21-/m0/s1. The molecule has 3 N–H and O–H groups in total. The Labute approximate surface area is 186 Å². The molecule has 30 heavy (non-hydrogen) atoms. The van der Waals surface area contributed by atoms with Crippen molar-refractivity contribution >= 4 is 35.0 Å². The molecule has 0 aliphatic carbocycles. The number of carbonyl (C=O) groups is 2. The van der Waals surface area contributed by atoms with Crippen LogP contribution >= 0.6 is 23.2 Å². The van der Waals surface area contributed by atoms with E-state index in [0.29, 0.717) is 15.6 Å². The van der Waals surface area contributed by atoms with Crippen molar-refractivity contribution in [3.8, 4) is 0 Å². The molecule has 0 aliphatic rings. The van der Waals surface area contributed by atoms with Crippen molar-refractivity contribution in [3.63, 3.8) is 0 Å². The molecule has 0 saturated heterocycles. The highest BCUT2D eigenvalue weighted by Crippen LogP contribution is 2.33. The summed E-state index contributed by atoms with van der Waals surface area (Å²) in [4.78, 5) is 25.7. The Balaban J connectivity index is 1.97. The molecule has 0 aromatic heterocycles. The first-order chi connectivity index (χ1) is 14.3. The van der Waals surface area contributed by atoms with Crippen LogP contribution < -0.4 is 11.1 Å². The van der Waals surface area contributed by atoms with E-state index in [2.05, 4.69) is 5.32 Å². The lowest BCUT2D eigenvalue weighted by molar-refractivity contribution is -0.129. The molecule has 2 amide bonds. The zero-order valence-electron chi connectivity index (χ0n) is 16.4. The average Bonchev–Trinajstić information content (AvgIpc) is 2.76. The van der Waals surface area contributed by atoms with E-state index >= 15 is 0 Å². The van der Waals surface area contributed by atoms with Crippen LogP contribution in [-0.4, -0.2) is 17.9 Å². The van der Waals surface area contributed by atoms with E-state index in [4.69, 9.17) is 28.9 Å². The summed E-state index contributed by atoms with van der Waals surface area (Å²) < 4.78 is 0. The summed E-state index contributed by atoms with van der Waals surface area (Å²) in [5, 5.41) is 3.65. The number of nitrogens with one attached hydrogen (secondary N) is 1. The Morgan fingerprint density at radius 2 is 1.33 bits per heavy atom. The number of amides is 2. The van der Waals surface area contributed by atoms with E-state index in [1.54, 1.807) is 18.2 Å². The smallest absolute Gasteiger partial charge is 0.240 e. The van der Waals surface area contributed by atoms with E-state index in [9.17, 15) is 9.59 Å². The van der Waals surface area contributed by atoms with Gasteiger partial charge in [-0.2, -0.15) is 0 Å². The molecule has 0 bridgehead atoms. The zero-order valence-corrected chi connectivity index (χ0v) is 18.0. The second-order valence-electron chi connectivity index (χ2n) is 7.19. The Hall–Kier alpha value is -2.82. The minimum atomic E-state index is -1.03. The molecule has 154 valence electrons. The van der Waals surface area contributed by atoms with Crippen LogP contribution in [0, 0.1) is 0 Å². The molecule has 3 aromatic carbocycles. The summed E-state index contributed by atoms with van der Waals surface area (Å²) in [6.07, 6.45) is 0.0965. The van der Waals surface area contributed by atoms with Gasteiger partial charge in [-0.15, -0.1) is 0 Å². The summed E-state index contributed by atoms with van der Waals surface area (Å²) in [5.41, 5.74) is 6.75. The van der Waals surface area contributed by atoms with Gasteiger partial charge in [0.15, 0.2) is 0 Å². The fourth-order valence-corrected chi connectivity index (χ4v) is 3.98. The number of benzene rings is 3. The molecular weight excluding hydrogens is 419 g/mol. The first kappa shape index (κ1) is 21.9. The lowest BCUT2D eigenvalue weighted by Gasteiger charge is -2.31. The Morgan fingerprint density at radius 3 is 1.77 bits per heavy atom. The van der Waals surface area contributed by atoms with Gasteiger partial charge in [-0.3, -0.25) is 9.59 Å². The van der Waals surface area contributed by atoms with Crippen LogP contribution in [0.1, 0.15) is 23.6 Å². The number of hydrogen-bond donors (Lipinski definition) is 2. The number of primary amides is 1. The Bertz CT molecular complexity index is 980. The van der Waals surface area contributed by atoms with Gasteiger partial charge in [0.2, 0.25) is 11.8 Å². The number of nitrogens with two attached hydrogens (primary N) is 1. The molecule has 0 unspecified atom stereocenters. The highest BCUT2D eigenvalue weighted by molar-refractivity contribution is 6.36. The molecule has 0 radical (unpaired) electrons.